The second-order valence-corrected chi connectivity index (χ2v) is 7.06. The standard InChI is InChI=1S/C9H8BrN3S3/c1-14-8-12-13-9(16-8)15-7-4-5(10)2-3-6(7)11/h2-4H,11H2,1H3. The molecule has 0 radical (unpaired) electrons. The van der Waals surface area contributed by atoms with Crippen molar-refractivity contribution in [3.8, 4) is 0 Å². The van der Waals surface area contributed by atoms with Gasteiger partial charge in [-0.15, -0.1) is 10.2 Å². The molecule has 0 aliphatic heterocycles. The first-order chi connectivity index (χ1) is 7.69. The number of nitrogens with two attached hydrogens (primary N) is 1. The van der Waals surface area contributed by atoms with Gasteiger partial charge in [0.25, 0.3) is 0 Å². The molecular weight excluding hydrogens is 326 g/mol. The molecule has 0 saturated carbocycles. The van der Waals surface area contributed by atoms with Gasteiger partial charge in [0, 0.05) is 15.1 Å². The van der Waals surface area contributed by atoms with Crippen molar-refractivity contribution < 1.29 is 0 Å². The number of halogens is 1. The Balaban J connectivity index is 2.22. The molecule has 0 aliphatic rings. The fourth-order valence-electron chi connectivity index (χ4n) is 1.01. The summed E-state index contributed by atoms with van der Waals surface area (Å²) in [6, 6.07) is 5.79. The van der Waals surface area contributed by atoms with E-state index < -0.39 is 0 Å². The SMILES string of the molecule is CSc1nnc(Sc2cc(Br)ccc2N)s1. The van der Waals surface area contributed by atoms with Gasteiger partial charge in [-0.05, 0) is 24.5 Å². The lowest BCUT2D eigenvalue weighted by atomic mass is 10.3. The van der Waals surface area contributed by atoms with Crippen LogP contribution in [-0.2, 0) is 0 Å². The van der Waals surface area contributed by atoms with E-state index in [1.165, 1.54) is 0 Å². The van der Waals surface area contributed by atoms with E-state index in [2.05, 4.69) is 26.1 Å². The highest BCUT2D eigenvalue weighted by atomic mass is 79.9. The average Bonchev–Trinajstić information content (AvgIpc) is 2.71. The summed E-state index contributed by atoms with van der Waals surface area (Å²) in [5, 5.41) is 8.13. The summed E-state index contributed by atoms with van der Waals surface area (Å²) in [7, 11) is 0. The van der Waals surface area contributed by atoms with Crippen LogP contribution in [0.3, 0.4) is 0 Å². The van der Waals surface area contributed by atoms with Gasteiger partial charge in [-0.25, -0.2) is 0 Å². The van der Waals surface area contributed by atoms with Crippen molar-refractivity contribution in [2.24, 2.45) is 0 Å². The Kier molecular flexibility index (Phi) is 4.12. The molecule has 0 unspecified atom stereocenters. The largest absolute Gasteiger partial charge is 0.398 e. The maximum absolute atomic E-state index is 5.89. The Labute approximate surface area is 114 Å². The number of anilines is 1. The Hall–Kier alpha value is -0.240. The highest BCUT2D eigenvalue weighted by Crippen LogP contribution is 2.36. The number of rotatable bonds is 3. The Morgan fingerprint density at radius 2 is 2.06 bits per heavy atom. The molecule has 2 N–H and O–H groups in total. The van der Waals surface area contributed by atoms with Crippen LogP contribution in [0.2, 0.25) is 0 Å². The predicted molar refractivity (Wildman–Crippen MR) is 74.4 cm³/mol. The Bertz CT molecular complexity index is 500. The number of benzene rings is 1. The number of thioether (sulfide) groups is 1. The van der Waals surface area contributed by atoms with E-state index in [9.17, 15) is 0 Å². The van der Waals surface area contributed by atoms with E-state index >= 15 is 0 Å². The van der Waals surface area contributed by atoms with E-state index in [1.807, 2.05) is 24.5 Å². The van der Waals surface area contributed by atoms with E-state index in [4.69, 9.17) is 5.73 Å². The van der Waals surface area contributed by atoms with Crippen LogP contribution in [0.4, 0.5) is 5.69 Å². The molecule has 1 aromatic carbocycles. The molecule has 1 aromatic heterocycles. The van der Waals surface area contributed by atoms with Gasteiger partial charge in [0.1, 0.15) is 0 Å². The number of hydrogen-bond donors (Lipinski definition) is 1. The van der Waals surface area contributed by atoms with Crippen molar-refractivity contribution in [1.29, 1.82) is 0 Å². The lowest BCUT2D eigenvalue weighted by Gasteiger charge is -2.02. The van der Waals surface area contributed by atoms with Gasteiger partial charge in [-0.1, -0.05) is 50.8 Å². The van der Waals surface area contributed by atoms with E-state index in [1.54, 1.807) is 34.9 Å². The van der Waals surface area contributed by atoms with Crippen molar-refractivity contribution >= 4 is 56.5 Å². The molecular formula is C9H8BrN3S3. The number of nitrogen functional groups attached to an aromatic ring is 1. The highest BCUT2D eigenvalue weighted by molar-refractivity contribution is 9.10. The van der Waals surface area contributed by atoms with Crippen LogP contribution in [0, 0.1) is 0 Å². The topological polar surface area (TPSA) is 51.8 Å². The van der Waals surface area contributed by atoms with E-state index in [0.29, 0.717) is 0 Å². The van der Waals surface area contributed by atoms with Gasteiger partial charge in [0.15, 0.2) is 8.68 Å². The molecule has 0 spiro atoms. The summed E-state index contributed by atoms with van der Waals surface area (Å²) in [4.78, 5) is 0.998. The highest BCUT2D eigenvalue weighted by Gasteiger charge is 2.08. The third-order valence-electron chi connectivity index (χ3n) is 1.74. The monoisotopic (exact) mass is 333 g/mol. The first-order valence-corrected chi connectivity index (χ1v) is 7.94. The molecule has 1 heterocycles. The molecule has 84 valence electrons. The van der Waals surface area contributed by atoms with Gasteiger partial charge in [0.05, 0.1) is 0 Å². The summed E-state index contributed by atoms with van der Waals surface area (Å²) in [5.41, 5.74) is 6.64. The molecule has 2 aromatic rings. The van der Waals surface area contributed by atoms with Crippen LogP contribution in [0.15, 0.2) is 36.2 Å². The van der Waals surface area contributed by atoms with Crippen LogP contribution in [-0.4, -0.2) is 16.5 Å². The average molecular weight is 334 g/mol. The van der Waals surface area contributed by atoms with Crippen LogP contribution < -0.4 is 5.73 Å². The number of nitrogens with zero attached hydrogens (tertiary/aromatic N) is 2. The van der Waals surface area contributed by atoms with Crippen LogP contribution >= 0.6 is 50.8 Å². The van der Waals surface area contributed by atoms with Gasteiger partial charge < -0.3 is 5.73 Å². The maximum Gasteiger partial charge on any atom is 0.179 e. The Morgan fingerprint density at radius 3 is 2.75 bits per heavy atom. The minimum absolute atomic E-state index is 0.758. The van der Waals surface area contributed by atoms with Gasteiger partial charge in [-0.3, -0.25) is 0 Å². The second-order valence-electron chi connectivity index (χ2n) is 2.82. The molecule has 0 amide bonds. The Morgan fingerprint density at radius 1 is 1.31 bits per heavy atom. The molecule has 0 bridgehead atoms. The summed E-state index contributed by atoms with van der Waals surface area (Å²) in [6.45, 7) is 0. The van der Waals surface area contributed by atoms with Crippen molar-refractivity contribution in [1.82, 2.24) is 10.2 Å². The fraction of sp³-hybridized carbons (Fsp3) is 0.111. The zero-order valence-corrected chi connectivity index (χ0v) is 12.3. The molecule has 0 fully saturated rings. The van der Waals surface area contributed by atoms with Crippen LogP contribution in [0.5, 0.6) is 0 Å². The number of hydrogen-bond acceptors (Lipinski definition) is 6. The lowest BCUT2D eigenvalue weighted by molar-refractivity contribution is 0.956. The van der Waals surface area contributed by atoms with Crippen molar-refractivity contribution in [3.05, 3.63) is 22.7 Å². The summed E-state index contributed by atoms with van der Waals surface area (Å²) < 4.78 is 2.89. The summed E-state index contributed by atoms with van der Waals surface area (Å²) in [6.07, 6.45) is 1.99. The van der Waals surface area contributed by atoms with Gasteiger partial charge in [0.2, 0.25) is 0 Å². The zero-order valence-electron chi connectivity index (χ0n) is 8.31. The quantitative estimate of drug-likeness (QED) is 0.684. The lowest BCUT2D eigenvalue weighted by Crippen LogP contribution is -1.87. The minimum atomic E-state index is 0.758. The van der Waals surface area contributed by atoms with Gasteiger partial charge >= 0.3 is 0 Å². The fourth-order valence-corrected chi connectivity index (χ4v) is 4.00. The van der Waals surface area contributed by atoms with E-state index in [0.717, 1.165) is 23.7 Å². The van der Waals surface area contributed by atoms with Crippen LogP contribution in [0.25, 0.3) is 0 Å². The van der Waals surface area contributed by atoms with E-state index in [-0.39, 0.29) is 0 Å². The van der Waals surface area contributed by atoms with Crippen molar-refractivity contribution in [3.63, 3.8) is 0 Å². The molecule has 3 nitrogen and oxygen atoms in total. The molecule has 16 heavy (non-hydrogen) atoms. The molecule has 0 saturated heterocycles. The normalized spacial score (nSPS) is 10.6. The molecule has 7 heteroatoms. The summed E-state index contributed by atoms with van der Waals surface area (Å²) >= 11 is 8.14. The second kappa shape index (κ2) is 5.39. The van der Waals surface area contributed by atoms with Gasteiger partial charge in [-0.2, -0.15) is 0 Å². The molecule has 2 rings (SSSR count). The smallest absolute Gasteiger partial charge is 0.179 e. The third-order valence-corrected chi connectivity index (χ3v) is 5.25. The first-order valence-electron chi connectivity index (χ1n) is 4.29. The van der Waals surface area contributed by atoms with Crippen LogP contribution in [0.1, 0.15) is 0 Å². The van der Waals surface area contributed by atoms with Crippen molar-refractivity contribution in [2.45, 2.75) is 13.6 Å². The molecule has 0 aliphatic carbocycles. The van der Waals surface area contributed by atoms with Crippen molar-refractivity contribution in [2.75, 3.05) is 12.0 Å². The maximum atomic E-state index is 5.89. The molecule has 0 atom stereocenters. The minimum Gasteiger partial charge on any atom is -0.398 e. The summed E-state index contributed by atoms with van der Waals surface area (Å²) in [5.74, 6) is 0. The third kappa shape index (κ3) is 2.91. The first kappa shape index (κ1) is 12.2. The number of aromatic nitrogens is 2. The zero-order chi connectivity index (χ0) is 11.5. The predicted octanol–water partition coefficient (Wildman–Crippen LogP) is 3.76.